The zero-order valence-electron chi connectivity index (χ0n) is 13.2. The Labute approximate surface area is 125 Å². The van der Waals surface area contributed by atoms with Crippen molar-refractivity contribution in [1.29, 1.82) is 0 Å². The minimum absolute atomic E-state index is 0.207. The number of aromatic nitrogens is 3. The molecule has 120 valence electrons. The number of hydrogen-bond acceptors (Lipinski definition) is 8. The minimum Gasteiger partial charge on any atom is -0.394 e. The van der Waals surface area contributed by atoms with Crippen LogP contribution in [0.3, 0.4) is 0 Å². The van der Waals surface area contributed by atoms with Crippen molar-refractivity contribution in [3.63, 3.8) is 0 Å². The summed E-state index contributed by atoms with van der Waals surface area (Å²) < 4.78 is 0. The maximum Gasteiger partial charge on any atom is 0.231 e. The number of hydrogen-bond donors (Lipinski definition) is 4. The van der Waals surface area contributed by atoms with Crippen LogP contribution in [0.5, 0.6) is 0 Å². The molecule has 0 fully saturated rings. The van der Waals surface area contributed by atoms with Gasteiger partial charge in [-0.15, -0.1) is 0 Å². The van der Waals surface area contributed by atoms with Crippen LogP contribution in [0.4, 0.5) is 17.8 Å². The van der Waals surface area contributed by atoms with Crippen molar-refractivity contribution in [2.75, 3.05) is 48.9 Å². The standard InChI is InChI=1S/C13H26N6O2/c1-5-13(8-20,9-21)18-11-15-10(14-4)16-12(17-11)19(6-2)7-3/h20-21H,5-9H2,1-4H3,(H2,14,15,16,17,18). The van der Waals surface area contributed by atoms with Gasteiger partial charge in [-0.2, -0.15) is 15.0 Å². The van der Waals surface area contributed by atoms with Gasteiger partial charge in [-0.05, 0) is 20.3 Å². The Morgan fingerprint density at radius 3 is 2.00 bits per heavy atom. The lowest BCUT2D eigenvalue weighted by Crippen LogP contribution is -2.45. The summed E-state index contributed by atoms with van der Waals surface area (Å²) in [6.07, 6.45) is 0.543. The fraction of sp³-hybridized carbons (Fsp3) is 0.769. The molecule has 8 nitrogen and oxygen atoms in total. The highest BCUT2D eigenvalue weighted by Gasteiger charge is 2.28. The first-order valence-corrected chi connectivity index (χ1v) is 7.26. The smallest absolute Gasteiger partial charge is 0.231 e. The number of nitrogens with zero attached hydrogens (tertiary/aromatic N) is 4. The van der Waals surface area contributed by atoms with Crippen molar-refractivity contribution in [2.45, 2.75) is 32.7 Å². The van der Waals surface area contributed by atoms with Gasteiger partial charge in [0.1, 0.15) is 0 Å². The zero-order chi connectivity index (χ0) is 15.9. The van der Waals surface area contributed by atoms with Gasteiger partial charge in [0.15, 0.2) is 0 Å². The highest BCUT2D eigenvalue weighted by molar-refractivity contribution is 5.44. The largest absolute Gasteiger partial charge is 0.394 e. The van der Waals surface area contributed by atoms with Crippen LogP contribution in [0, 0.1) is 0 Å². The van der Waals surface area contributed by atoms with Gasteiger partial charge in [-0.3, -0.25) is 0 Å². The third-order valence-corrected chi connectivity index (χ3v) is 3.55. The second-order valence-corrected chi connectivity index (χ2v) is 4.78. The molecular formula is C13H26N6O2. The normalized spacial score (nSPS) is 11.3. The van der Waals surface area contributed by atoms with Crippen molar-refractivity contribution < 1.29 is 10.2 Å². The summed E-state index contributed by atoms with van der Waals surface area (Å²) in [7, 11) is 1.73. The molecule has 1 rings (SSSR count). The van der Waals surface area contributed by atoms with E-state index in [1.165, 1.54) is 0 Å². The van der Waals surface area contributed by atoms with E-state index in [0.717, 1.165) is 13.1 Å². The molecule has 0 aliphatic carbocycles. The van der Waals surface area contributed by atoms with E-state index in [0.29, 0.717) is 24.3 Å². The molecule has 8 heteroatoms. The van der Waals surface area contributed by atoms with E-state index >= 15 is 0 Å². The third-order valence-electron chi connectivity index (χ3n) is 3.55. The molecule has 0 saturated heterocycles. The third kappa shape index (κ3) is 4.15. The van der Waals surface area contributed by atoms with Crippen LogP contribution in [0.15, 0.2) is 0 Å². The van der Waals surface area contributed by atoms with Crippen molar-refractivity contribution in [3.8, 4) is 0 Å². The van der Waals surface area contributed by atoms with Crippen LogP contribution in [0.1, 0.15) is 27.2 Å². The predicted octanol–water partition coefficient (Wildman–Crippen LogP) is 0.305. The summed E-state index contributed by atoms with van der Waals surface area (Å²) in [5, 5.41) is 25.0. The van der Waals surface area contributed by atoms with E-state index in [9.17, 15) is 10.2 Å². The number of rotatable bonds is 9. The minimum atomic E-state index is -0.840. The fourth-order valence-electron chi connectivity index (χ4n) is 1.86. The average Bonchev–Trinajstić information content (AvgIpc) is 2.53. The summed E-state index contributed by atoms with van der Waals surface area (Å²) in [6, 6.07) is 0. The lowest BCUT2D eigenvalue weighted by atomic mass is 9.99. The second kappa shape index (κ2) is 7.94. The van der Waals surface area contributed by atoms with Crippen molar-refractivity contribution in [2.24, 2.45) is 0 Å². The van der Waals surface area contributed by atoms with E-state index in [2.05, 4.69) is 25.6 Å². The number of aliphatic hydroxyl groups is 2. The molecule has 0 aromatic carbocycles. The van der Waals surface area contributed by atoms with Gasteiger partial charge < -0.3 is 25.7 Å². The Hall–Kier alpha value is -1.67. The molecule has 0 aliphatic heterocycles. The van der Waals surface area contributed by atoms with Crippen LogP contribution in [-0.4, -0.2) is 64.1 Å². The Kier molecular flexibility index (Phi) is 6.57. The monoisotopic (exact) mass is 298 g/mol. The van der Waals surface area contributed by atoms with Gasteiger partial charge in [0.25, 0.3) is 0 Å². The van der Waals surface area contributed by atoms with Gasteiger partial charge in [-0.25, -0.2) is 0 Å². The molecule has 0 amide bonds. The second-order valence-electron chi connectivity index (χ2n) is 4.78. The molecule has 0 atom stereocenters. The van der Waals surface area contributed by atoms with Crippen LogP contribution in [0.2, 0.25) is 0 Å². The first kappa shape index (κ1) is 17.4. The lowest BCUT2D eigenvalue weighted by molar-refractivity contribution is 0.132. The number of anilines is 3. The summed E-state index contributed by atoms with van der Waals surface area (Å²) in [6.45, 7) is 7.08. The van der Waals surface area contributed by atoms with E-state index in [-0.39, 0.29) is 13.2 Å². The van der Waals surface area contributed by atoms with Gasteiger partial charge in [0, 0.05) is 20.1 Å². The molecule has 4 N–H and O–H groups in total. The summed E-state index contributed by atoms with van der Waals surface area (Å²) in [5.74, 6) is 1.33. The molecule has 1 aromatic rings. The summed E-state index contributed by atoms with van der Waals surface area (Å²) in [5.41, 5.74) is -0.840. The maximum atomic E-state index is 9.52. The van der Waals surface area contributed by atoms with Crippen molar-refractivity contribution in [1.82, 2.24) is 15.0 Å². The summed E-state index contributed by atoms with van der Waals surface area (Å²) >= 11 is 0. The highest BCUT2D eigenvalue weighted by Crippen LogP contribution is 2.19. The molecular weight excluding hydrogens is 272 g/mol. The molecule has 0 spiro atoms. The molecule has 0 aliphatic rings. The van der Waals surface area contributed by atoms with Gasteiger partial charge >= 0.3 is 0 Å². The molecule has 1 aromatic heterocycles. The van der Waals surface area contributed by atoms with Crippen LogP contribution < -0.4 is 15.5 Å². The lowest BCUT2D eigenvalue weighted by Gasteiger charge is -2.30. The SMILES string of the molecule is CCN(CC)c1nc(NC)nc(NC(CC)(CO)CO)n1. The fourth-order valence-corrected chi connectivity index (χ4v) is 1.86. The number of aliphatic hydroxyl groups excluding tert-OH is 2. The van der Waals surface area contributed by atoms with E-state index in [4.69, 9.17) is 0 Å². The Morgan fingerprint density at radius 1 is 1.00 bits per heavy atom. The Bertz CT molecular complexity index is 426. The maximum absolute atomic E-state index is 9.52. The summed E-state index contributed by atoms with van der Waals surface area (Å²) in [4.78, 5) is 14.9. The first-order valence-electron chi connectivity index (χ1n) is 7.26. The van der Waals surface area contributed by atoms with Crippen LogP contribution in [-0.2, 0) is 0 Å². The zero-order valence-corrected chi connectivity index (χ0v) is 13.2. The first-order chi connectivity index (χ1) is 10.1. The van der Waals surface area contributed by atoms with Gasteiger partial charge in [0.05, 0.1) is 18.8 Å². The molecule has 21 heavy (non-hydrogen) atoms. The predicted molar refractivity (Wildman–Crippen MR) is 83.8 cm³/mol. The van der Waals surface area contributed by atoms with Gasteiger partial charge in [-0.1, -0.05) is 6.92 Å². The van der Waals surface area contributed by atoms with Gasteiger partial charge in [0.2, 0.25) is 17.8 Å². The van der Waals surface area contributed by atoms with E-state index in [1.54, 1.807) is 7.05 Å². The Morgan fingerprint density at radius 2 is 1.57 bits per heavy atom. The quantitative estimate of drug-likeness (QED) is 0.516. The van der Waals surface area contributed by atoms with Crippen LogP contribution in [0.25, 0.3) is 0 Å². The van der Waals surface area contributed by atoms with E-state index in [1.807, 2.05) is 25.7 Å². The topological polar surface area (TPSA) is 106 Å². The molecule has 0 bridgehead atoms. The van der Waals surface area contributed by atoms with Crippen LogP contribution >= 0.6 is 0 Å². The highest BCUT2D eigenvalue weighted by atomic mass is 16.3. The number of nitrogens with one attached hydrogen (secondary N) is 2. The average molecular weight is 298 g/mol. The molecule has 0 unspecified atom stereocenters. The molecule has 1 heterocycles. The molecule has 0 radical (unpaired) electrons. The van der Waals surface area contributed by atoms with Crippen molar-refractivity contribution in [3.05, 3.63) is 0 Å². The van der Waals surface area contributed by atoms with E-state index < -0.39 is 5.54 Å². The Balaban J connectivity index is 3.14. The molecule has 0 saturated carbocycles. The van der Waals surface area contributed by atoms with Crippen molar-refractivity contribution >= 4 is 17.8 Å².